The number of ether oxygens (including phenoxy) is 2. The first-order valence-corrected chi connectivity index (χ1v) is 6.36. The first-order valence-electron chi connectivity index (χ1n) is 5.57. The molecule has 102 valence electrons. The van der Waals surface area contributed by atoms with Crippen LogP contribution < -0.4 is 0 Å². The third kappa shape index (κ3) is 3.67. The molecular weight excluding hydrogens is 312 g/mol. The highest BCUT2D eigenvalue weighted by molar-refractivity contribution is 9.10. The van der Waals surface area contributed by atoms with Gasteiger partial charge in [0.25, 0.3) is 0 Å². The molecule has 5 heteroatoms. The van der Waals surface area contributed by atoms with Crippen LogP contribution >= 0.6 is 15.9 Å². The van der Waals surface area contributed by atoms with E-state index in [0.717, 1.165) is 11.1 Å². The van der Waals surface area contributed by atoms with Crippen LogP contribution in [0.3, 0.4) is 0 Å². The van der Waals surface area contributed by atoms with Gasteiger partial charge in [0.15, 0.2) is 0 Å². The van der Waals surface area contributed by atoms with Crippen molar-refractivity contribution in [2.24, 2.45) is 0 Å². The van der Waals surface area contributed by atoms with Crippen LogP contribution in [0.1, 0.15) is 35.3 Å². The Hall–Kier alpha value is -1.62. The molecule has 4 nitrogen and oxygen atoms in total. The average Bonchev–Trinajstić information content (AvgIpc) is 2.35. The van der Waals surface area contributed by atoms with Crippen LogP contribution in [-0.4, -0.2) is 19.0 Å². The Balaban J connectivity index is 3.27. The van der Waals surface area contributed by atoms with Crippen molar-refractivity contribution in [1.29, 1.82) is 0 Å². The van der Waals surface area contributed by atoms with E-state index in [1.807, 2.05) is 0 Å². The third-order valence-corrected chi connectivity index (χ3v) is 3.39. The van der Waals surface area contributed by atoms with Crippen LogP contribution in [0.2, 0.25) is 0 Å². The zero-order valence-corrected chi connectivity index (χ0v) is 12.7. The second kappa shape index (κ2) is 6.52. The molecule has 0 radical (unpaired) electrons. The maximum atomic E-state index is 11.7. The first kappa shape index (κ1) is 15.4. The normalized spacial score (nSPS) is 9.89. The smallest absolute Gasteiger partial charge is 0.338 e. The Morgan fingerprint density at radius 1 is 1.32 bits per heavy atom. The minimum Gasteiger partial charge on any atom is -0.465 e. The van der Waals surface area contributed by atoms with Crippen LogP contribution in [0.15, 0.2) is 23.2 Å². The standard InChI is InChI=1S/C14H15BrO4/c1-8(2)12-11(14(17)18-4)6-5-10(13(12)15)7-19-9(3)16/h5-6H,1,7H2,2-4H3. The number of benzene rings is 1. The summed E-state index contributed by atoms with van der Waals surface area (Å²) in [6.07, 6.45) is 0. The molecule has 0 N–H and O–H groups in total. The number of allylic oxidation sites excluding steroid dienone is 1. The summed E-state index contributed by atoms with van der Waals surface area (Å²) in [4.78, 5) is 22.5. The Morgan fingerprint density at radius 3 is 2.42 bits per heavy atom. The van der Waals surface area contributed by atoms with Gasteiger partial charge in [-0.3, -0.25) is 4.79 Å². The molecule has 1 aromatic carbocycles. The van der Waals surface area contributed by atoms with Gasteiger partial charge >= 0.3 is 11.9 Å². The van der Waals surface area contributed by atoms with E-state index in [0.29, 0.717) is 15.6 Å². The van der Waals surface area contributed by atoms with Gasteiger partial charge in [0.05, 0.1) is 12.7 Å². The monoisotopic (exact) mass is 326 g/mol. The highest BCUT2D eigenvalue weighted by Gasteiger charge is 2.18. The number of methoxy groups -OCH3 is 1. The quantitative estimate of drug-likeness (QED) is 0.796. The minimum atomic E-state index is -0.433. The number of halogens is 1. The number of rotatable bonds is 4. The summed E-state index contributed by atoms with van der Waals surface area (Å²) in [5.41, 5.74) is 2.57. The van der Waals surface area contributed by atoms with Crippen molar-refractivity contribution in [2.45, 2.75) is 20.5 Å². The SMILES string of the molecule is C=C(C)c1c(C(=O)OC)ccc(COC(C)=O)c1Br. The second-order valence-electron chi connectivity index (χ2n) is 4.01. The van der Waals surface area contributed by atoms with Gasteiger partial charge < -0.3 is 9.47 Å². The molecule has 0 aromatic heterocycles. The molecule has 0 aliphatic carbocycles. The molecule has 1 aromatic rings. The lowest BCUT2D eigenvalue weighted by Crippen LogP contribution is -2.08. The van der Waals surface area contributed by atoms with Gasteiger partial charge in [-0.25, -0.2) is 4.79 Å². The number of carbonyl (C=O) groups is 2. The molecule has 0 aliphatic heterocycles. The summed E-state index contributed by atoms with van der Waals surface area (Å²) >= 11 is 3.42. The van der Waals surface area contributed by atoms with Crippen molar-refractivity contribution >= 4 is 33.4 Å². The van der Waals surface area contributed by atoms with Gasteiger partial charge in [-0.1, -0.05) is 12.6 Å². The van der Waals surface area contributed by atoms with Crippen molar-refractivity contribution in [1.82, 2.24) is 0 Å². The molecule has 0 saturated heterocycles. The predicted octanol–water partition coefficient (Wildman–Crippen LogP) is 3.33. The summed E-state index contributed by atoms with van der Waals surface area (Å²) in [7, 11) is 1.32. The third-order valence-electron chi connectivity index (χ3n) is 2.48. The molecule has 1 rings (SSSR count). The topological polar surface area (TPSA) is 52.6 Å². The zero-order valence-electron chi connectivity index (χ0n) is 11.1. The van der Waals surface area contributed by atoms with Gasteiger partial charge in [0.2, 0.25) is 0 Å². The van der Waals surface area contributed by atoms with E-state index < -0.39 is 5.97 Å². The van der Waals surface area contributed by atoms with E-state index >= 15 is 0 Å². The minimum absolute atomic E-state index is 0.137. The van der Waals surface area contributed by atoms with Gasteiger partial charge in [-0.2, -0.15) is 0 Å². The van der Waals surface area contributed by atoms with E-state index in [1.165, 1.54) is 14.0 Å². The zero-order chi connectivity index (χ0) is 14.6. The van der Waals surface area contributed by atoms with Gasteiger partial charge in [0, 0.05) is 22.5 Å². The molecule has 0 saturated carbocycles. The van der Waals surface area contributed by atoms with Crippen molar-refractivity contribution < 1.29 is 19.1 Å². The molecule has 0 heterocycles. The molecular formula is C14H15BrO4. The van der Waals surface area contributed by atoms with Crippen LogP contribution in [0.5, 0.6) is 0 Å². The van der Waals surface area contributed by atoms with Gasteiger partial charge in [-0.15, -0.1) is 0 Å². The summed E-state index contributed by atoms with van der Waals surface area (Å²) in [6.45, 7) is 7.13. The van der Waals surface area contributed by atoms with Crippen LogP contribution in [0.25, 0.3) is 5.57 Å². The van der Waals surface area contributed by atoms with Crippen LogP contribution in [-0.2, 0) is 20.9 Å². The second-order valence-corrected chi connectivity index (χ2v) is 4.81. The summed E-state index contributed by atoms with van der Waals surface area (Å²) in [5.74, 6) is -0.793. The molecule has 0 atom stereocenters. The summed E-state index contributed by atoms with van der Waals surface area (Å²) in [5, 5.41) is 0. The molecule has 0 amide bonds. The Morgan fingerprint density at radius 2 is 1.95 bits per heavy atom. The average molecular weight is 327 g/mol. The van der Waals surface area contributed by atoms with Crippen LogP contribution in [0.4, 0.5) is 0 Å². The maximum Gasteiger partial charge on any atom is 0.338 e. The van der Waals surface area contributed by atoms with E-state index in [4.69, 9.17) is 9.47 Å². The lowest BCUT2D eigenvalue weighted by Gasteiger charge is -2.14. The molecule has 0 bridgehead atoms. The largest absolute Gasteiger partial charge is 0.465 e. The Bertz CT molecular complexity index is 534. The number of carbonyl (C=O) groups excluding carboxylic acids is 2. The van der Waals surface area contributed by atoms with Crippen molar-refractivity contribution in [3.05, 3.63) is 39.9 Å². The van der Waals surface area contributed by atoms with E-state index in [9.17, 15) is 9.59 Å². The van der Waals surface area contributed by atoms with Crippen molar-refractivity contribution in [3.63, 3.8) is 0 Å². The molecule has 0 fully saturated rings. The fraction of sp³-hybridized carbons (Fsp3) is 0.286. The van der Waals surface area contributed by atoms with Crippen molar-refractivity contribution in [2.75, 3.05) is 7.11 Å². The Kier molecular flexibility index (Phi) is 5.30. The Labute approximate surface area is 120 Å². The summed E-state index contributed by atoms with van der Waals surface area (Å²) in [6, 6.07) is 3.35. The lowest BCUT2D eigenvalue weighted by molar-refractivity contribution is -0.142. The molecule has 19 heavy (non-hydrogen) atoms. The maximum absolute atomic E-state index is 11.7. The highest BCUT2D eigenvalue weighted by atomic mass is 79.9. The summed E-state index contributed by atoms with van der Waals surface area (Å²) < 4.78 is 10.4. The predicted molar refractivity (Wildman–Crippen MR) is 75.7 cm³/mol. The molecule has 0 aliphatic rings. The number of hydrogen-bond acceptors (Lipinski definition) is 4. The number of hydrogen-bond donors (Lipinski definition) is 0. The first-order chi connectivity index (χ1) is 8.88. The van der Waals surface area contributed by atoms with E-state index in [1.54, 1.807) is 19.1 Å². The van der Waals surface area contributed by atoms with E-state index in [-0.39, 0.29) is 12.6 Å². The molecule has 0 unspecified atom stereocenters. The van der Waals surface area contributed by atoms with E-state index in [2.05, 4.69) is 22.5 Å². The fourth-order valence-corrected chi connectivity index (χ4v) is 2.41. The van der Waals surface area contributed by atoms with Gasteiger partial charge in [0.1, 0.15) is 6.61 Å². The van der Waals surface area contributed by atoms with Gasteiger partial charge in [-0.05, 0) is 34.5 Å². The highest BCUT2D eigenvalue weighted by Crippen LogP contribution is 2.31. The lowest BCUT2D eigenvalue weighted by atomic mass is 9.99. The fourth-order valence-electron chi connectivity index (χ4n) is 1.61. The van der Waals surface area contributed by atoms with Crippen LogP contribution in [0, 0.1) is 0 Å². The molecule has 0 spiro atoms. The van der Waals surface area contributed by atoms with Crippen molar-refractivity contribution in [3.8, 4) is 0 Å². The number of esters is 2.